The summed E-state index contributed by atoms with van der Waals surface area (Å²) in [6, 6.07) is 6.50. The fourth-order valence-electron chi connectivity index (χ4n) is 1.38. The molecule has 0 heterocycles. The number of rotatable bonds is 5. The Kier molecular flexibility index (Phi) is 9.87. The zero-order valence-electron chi connectivity index (χ0n) is 11.3. The summed E-state index contributed by atoms with van der Waals surface area (Å²) in [4.78, 5) is 14.7. The van der Waals surface area contributed by atoms with Crippen LogP contribution in [0.5, 0.6) is 0 Å². The topological polar surface area (TPSA) is 52.5 Å². The molecule has 96 valence electrons. The standard InChI is InChI=1S/C14H16ClNO2.K/c1-10(2)13(14(17)18)16-9-3-4-11-5-7-12(15)8-6-11;/h3-10,13H,1-2H3,(H,17,18);/q;+1/p-1/b4-3+,16-9?;/t13-;/m0./s1. The van der Waals surface area contributed by atoms with Gasteiger partial charge in [0.1, 0.15) is 0 Å². The van der Waals surface area contributed by atoms with Crippen LogP contribution in [-0.2, 0) is 4.79 Å². The van der Waals surface area contributed by atoms with E-state index in [0.717, 1.165) is 5.56 Å². The van der Waals surface area contributed by atoms with Gasteiger partial charge in [0.25, 0.3) is 0 Å². The maximum absolute atomic E-state index is 10.8. The minimum absolute atomic E-state index is 0. The van der Waals surface area contributed by atoms with E-state index < -0.39 is 12.0 Å². The SMILES string of the molecule is CC(C)[C@H](N=C/C=C/c1ccc(Cl)cc1)C(=O)[O-].[K+]. The van der Waals surface area contributed by atoms with E-state index in [4.69, 9.17) is 11.6 Å². The van der Waals surface area contributed by atoms with E-state index in [1.165, 1.54) is 6.21 Å². The molecule has 1 aromatic rings. The summed E-state index contributed by atoms with van der Waals surface area (Å²) in [7, 11) is 0. The third kappa shape index (κ3) is 7.39. The van der Waals surface area contributed by atoms with Gasteiger partial charge in [0.15, 0.2) is 0 Å². The number of hydrogen-bond acceptors (Lipinski definition) is 3. The van der Waals surface area contributed by atoms with Crippen LogP contribution in [0.2, 0.25) is 5.02 Å². The number of benzene rings is 1. The van der Waals surface area contributed by atoms with Crippen molar-refractivity contribution >= 4 is 29.9 Å². The monoisotopic (exact) mass is 303 g/mol. The van der Waals surface area contributed by atoms with Crippen molar-refractivity contribution < 1.29 is 61.3 Å². The molecule has 0 aliphatic rings. The van der Waals surface area contributed by atoms with Gasteiger partial charge in [0.05, 0.1) is 12.0 Å². The molecule has 19 heavy (non-hydrogen) atoms. The molecule has 0 amide bonds. The molecule has 0 bridgehead atoms. The quantitative estimate of drug-likeness (QED) is 0.528. The summed E-state index contributed by atoms with van der Waals surface area (Å²) in [5.41, 5.74) is 0.973. The first kappa shape index (κ1) is 19.0. The fraction of sp³-hybridized carbons (Fsp3) is 0.286. The zero-order chi connectivity index (χ0) is 13.5. The second kappa shape index (κ2) is 9.86. The number of allylic oxidation sites excluding steroid dienone is 1. The molecular formula is C14H15ClKNO2. The summed E-state index contributed by atoms with van der Waals surface area (Å²) < 4.78 is 0. The largest absolute Gasteiger partial charge is 1.00 e. The molecule has 0 N–H and O–H groups in total. The number of nitrogens with zero attached hydrogens (tertiary/aromatic N) is 1. The van der Waals surface area contributed by atoms with E-state index in [1.807, 2.05) is 18.2 Å². The van der Waals surface area contributed by atoms with E-state index in [9.17, 15) is 9.90 Å². The molecule has 0 unspecified atom stereocenters. The van der Waals surface area contributed by atoms with Crippen LogP contribution >= 0.6 is 11.6 Å². The molecule has 0 aromatic heterocycles. The van der Waals surface area contributed by atoms with Gasteiger partial charge in [-0.15, -0.1) is 0 Å². The van der Waals surface area contributed by atoms with Crippen LogP contribution in [-0.4, -0.2) is 18.2 Å². The van der Waals surface area contributed by atoms with Crippen LogP contribution in [0.1, 0.15) is 19.4 Å². The maximum atomic E-state index is 10.8. The van der Waals surface area contributed by atoms with Gasteiger partial charge in [0.2, 0.25) is 0 Å². The van der Waals surface area contributed by atoms with Crippen molar-refractivity contribution in [1.82, 2.24) is 0 Å². The number of carboxylic acid groups (broad SMARTS) is 1. The Balaban J connectivity index is 0.00000324. The van der Waals surface area contributed by atoms with Gasteiger partial charge >= 0.3 is 51.4 Å². The summed E-state index contributed by atoms with van der Waals surface area (Å²) in [5.74, 6) is -1.24. The first-order chi connectivity index (χ1) is 8.50. The predicted octanol–water partition coefficient (Wildman–Crippen LogP) is -0.797. The van der Waals surface area contributed by atoms with Crippen molar-refractivity contribution in [2.45, 2.75) is 19.9 Å². The van der Waals surface area contributed by atoms with Gasteiger partial charge in [-0.2, -0.15) is 0 Å². The van der Waals surface area contributed by atoms with Crippen LogP contribution in [0.25, 0.3) is 6.08 Å². The van der Waals surface area contributed by atoms with Crippen molar-refractivity contribution in [3.8, 4) is 0 Å². The second-order valence-corrected chi connectivity index (χ2v) is 4.65. The van der Waals surface area contributed by atoms with Gasteiger partial charge in [-0.3, -0.25) is 4.99 Å². The minimum Gasteiger partial charge on any atom is -0.548 e. The number of carbonyl (C=O) groups is 1. The first-order valence-corrected chi connectivity index (χ1v) is 6.05. The molecule has 0 saturated heterocycles. The van der Waals surface area contributed by atoms with E-state index >= 15 is 0 Å². The zero-order valence-corrected chi connectivity index (χ0v) is 15.2. The van der Waals surface area contributed by atoms with E-state index in [-0.39, 0.29) is 57.3 Å². The molecule has 5 heteroatoms. The number of halogens is 1. The summed E-state index contributed by atoms with van der Waals surface area (Å²) in [5, 5.41) is 11.5. The Morgan fingerprint density at radius 1 is 1.32 bits per heavy atom. The second-order valence-electron chi connectivity index (χ2n) is 4.22. The van der Waals surface area contributed by atoms with Crippen LogP contribution in [0, 0.1) is 5.92 Å². The number of hydrogen-bond donors (Lipinski definition) is 0. The van der Waals surface area contributed by atoms with Crippen LogP contribution < -0.4 is 56.5 Å². The average molecular weight is 304 g/mol. The number of carboxylic acids is 1. The summed E-state index contributed by atoms with van der Waals surface area (Å²) >= 11 is 5.76. The third-order valence-corrected chi connectivity index (χ3v) is 2.62. The molecule has 0 fully saturated rings. The van der Waals surface area contributed by atoms with Gasteiger partial charge in [-0.05, 0) is 29.7 Å². The molecule has 0 saturated carbocycles. The van der Waals surface area contributed by atoms with Gasteiger partial charge in [-0.25, -0.2) is 0 Å². The molecule has 0 radical (unpaired) electrons. The molecule has 1 atom stereocenters. The Labute approximate surface area is 161 Å². The summed E-state index contributed by atoms with van der Waals surface area (Å²) in [6.07, 6.45) is 5.00. The van der Waals surface area contributed by atoms with Crippen LogP contribution in [0.4, 0.5) is 0 Å². The summed E-state index contributed by atoms with van der Waals surface area (Å²) in [6.45, 7) is 3.58. The van der Waals surface area contributed by atoms with E-state index in [2.05, 4.69) is 4.99 Å². The Morgan fingerprint density at radius 2 is 1.89 bits per heavy atom. The van der Waals surface area contributed by atoms with E-state index in [1.54, 1.807) is 32.1 Å². The normalized spacial score (nSPS) is 12.8. The Hall–Kier alpha value is 0.0264. The number of aliphatic carboxylic acids is 1. The fourth-order valence-corrected chi connectivity index (χ4v) is 1.50. The Morgan fingerprint density at radius 3 is 2.37 bits per heavy atom. The molecule has 1 rings (SSSR count). The van der Waals surface area contributed by atoms with E-state index in [0.29, 0.717) is 5.02 Å². The van der Waals surface area contributed by atoms with Crippen LogP contribution in [0.3, 0.4) is 0 Å². The van der Waals surface area contributed by atoms with Crippen molar-refractivity contribution in [2.24, 2.45) is 10.9 Å². The molecule has 0 aliphatic heterocycles. The Bertz CT molecular complexity index is 455. The molecule has 0 aliphatic carbocycles. The van der Waals surface area contributed by atoms with Gasteiger partial charge in [-0.1, -0.05) is 43.7 Å². The third-order valence-electron chi connectivity index (χ3n) is 2.36. The molecule has 3 nitrogen and oxygen atoms in total. The molecule has 1 aromatic carbocycles. The maximum Gasteiger partial charge on any atom is 1.00 e. The van der Waals surface area contributed by atoms with Crippen molar-refractivity contribution in [1.29, 1.82) is 0 Å². The number of aliphatic imine (C=N–C) groups is 1. The smallest absolute Gasteiger partial charge is 0.548 e. The van der Waals surface area contributed by atoms with Crippen molar-refractivity contribution in [3.05, 3.63) is 40.9 Å². The van der Waals surface area contributed by atoms with Crippen molar-refractivity contribution in [2.75, 3.05) is 0 Å². The molecule has 0 spiro atoms. The minimum atomic E-state index is -1.15. The van der Waals surface area contributed by atoms with Crippen molar-refractivity contribution in [3.63, 3.8) is 0 Å². The predicted molar refractivity (Wildman–Crippen MR) is 72.6 cm³/mol. The first-order valence-electron chi connectivity index (χ1n) is 5.67. The number of carbonyl (C=O) groups excluding carboxylic acids is 1. The van der Waals surface area contributed by atoms with Crippen LogP contribution in [0.15, 0.2) is 35.3 Å². The van der Waals surface area contributed by atoms with Gasteiger partial charge in [0, 0.05) is 11.2 Å². The average Bonchev–Trinajstić information content (AvgIpc) is 2.30. The molecular weight excluding hydrogens is 289 g/mol. The van der Waals surface area contributed by atoms with Gasteiger partial charge < -0.3 is 9.90 Å².